The SMILES string of the molecule is CCCC=C(CCC)CC1CCN(c2cc(C)c3c(c2)\C=C/C=C/C(C2C=NC(CCCC)C2C)=C\3)CC1. The number of anilines is 1. The summed E-state index contributed by atoms with van der Waals surface area (Å²) in [7, 11) is 0. The van der Waals surface area contributed by atoms with Crippen LogP contribution in [0.3, 0.4) is 0 Å². The van der Waals surface area contributed by atoms with Crippen molar-refractivity contribution < 1.29 is 0 Å². The monoisotopic (exact) mass is 512 g/mol. The third-order valence-electron chi connectivity index (χ3n) is 9.06. The Bertz CT molecular complexity index is 1060. The van der Waals surface area contributed by atoms with E-state index in [9.17, 15) is 0 Å². The summed E-state index contributed by atoms with van der Waals surface area (Å²) in [4.78, 5) is 7.57. The highest BCUT2D eigenvalue weighted by molar-refractivity contribution is 5.80. The van der Waals surface area contributed by atoms with E-state index in [0.717, 1.165) is 5.92 Å². The zero-order valence-electron chi connectivity index (χ0n) is 24.9. The van der Waals surface area contributed by atoms with E-state index in [4.69, 9.17) is 4.99 Å². The molecule has 0 N–H and O–H groups in total. The van der Waals surface area contributed by atoms with Crippen molar-refractivity contribution >= 4 is 24.1 Å². The van der Waals surface area contributed by atoms with Crippen LogP contribution in [0.1, 0.15) is 109 Å². The number of piperidine rings is 1. The van der Waals surface area contributed by atoms with Crippen molar-refractivity contribution in [1.82, 2.24) is 0 Å². The lowest BCUT2D eigenvalue weighted by atomic mass is 9.82. The van der Waals surface area contributed by atoms with Crippen LogP contribution in [0.4, 0.5) is 5.69 Å². The van der Waals surface area contributed by atoms with Crippen molar-refractivity contribution in [1.29, 1.82) is 0 Å². The van der Waals surface area contributed by atoms with Gasteiger partial charge in [-0.1, -0.05) is 95.4 Å². The van der Waals surface area contributed by atoms with Crippen LogP contribution in [0.15, 0.2) is 52.6 Å². The van der Waals surface area contributed by atoms with E-state index >= 15 is 0 Å². The van der Waals surface area contributed by atoms with E-state index in [1.54, 1.807) is 5.57 Å². The molecule has 1 aliphatic carbocycles. The molecule has 1 aromatic rings. The molecule has 1 saturated heterocycles. The highest BCUT2D eigenvalue weighted by Crippen LogP contribution is 2.37. The van der Waals surface area contributed by atoms with Crippen molar-refractivity contribution in [3.8, 4) is 0 Å². The predicted molar refractivity (Wildman–Crippen MR) is 169 cm³/mol. The Morgan fingerprint density at radius 1 is 1.03 bits per heavy atom. The van der Waals surface area contributed by atoms with E-state index in [1.807, 2.05) is 0 Å². The van der Waals surface area contributed by atoms with Gasteiger partial charge in [0.25, 0.3) is 0 Å². The Labute approximate surface area is 233 Å². The molecule has 0 aromatic heterocycles. The van der Waals surface area contributed by atoms with Crippen LogP contribution in [0.5, 0.6) is 0 Å². The van der Waals surface area contributed by atoms with Crippen LogP contribution in [0, 0.1) is 24.7 Å². The molecule has 2 heteroatoms. The summed E-state index contributed by atoms with van der Waals surface area (Å²) >= 11 is 0. The number of allylic oxidation sites excluding steroid dienone is 6. The van der Waals surface area contributed by atoms with Crippen molar-refractivity contribution in [2.75, 3.05) is 18.0 Å². The maximum Gasteiger partial charge on any atom is 0.0530 e. The molecule has 0 amide bonds. The van der Waals surface area contributed by atoms with Gasteiger partial charge in [0.1, 0.15) is 0 Å². The fraction of sp³-hybridized carbons (Fsp3) is 0.583. The number of fused-ring (bicyclic) bond motifs is 1. The lowest BCUT2D eigenvalue weighted by molar-refractivity contribution is 0.398. The Kier molecular flexibility index (Phi) is 10.7. The summed E-state index contributed by atoms with van der Waals surface area (Å²) < 4.78 is 0. The first-order chi connectivity index (χ1) is 18.5. The number of nitrogens with zero attached hydrogens (tertiary/aromatic N) is 2. The van der Waals surface area contributed by atoms with Crippen LogP contribution >= 0.6 is 0 Å². The zero-order valence-corrected chi connectivity index (χ0v) is 24.9. The summed E-state index contributed by atoms with van der Waals surface area (Å²) in [6, 6.07) is 5.35. The van der Waals surface area contributed by atoms with Gasteiger partial charge in [0, 0.05) is 30.9 Å². The minimum absolute atomic E-state index is 0.412. The number of hydrogen-bond acceptors (Lipinski definition) is 2. The van der Waals surface area contributed by atoms with Gasteiger partial charge in [-0.05, 0) is 91.7 Å². The molecule has 206 valence electrons. The fourth-order valence-corrected chi connectivity index (χ4v) is 6.65. The quantitative estimate of drug-likeness (QED) is 0.269. The van der Waals surface area contributed by atoms with Gasteiger partial charge in [-0.25, -0.2) is 0 Å². The molecule has 2 aliphatic heterocycles. The molecule has 0 bridgehead atoms. The number of hydrogen-bond donors (Lipinski definition) is 0. The number of unbranched alkanes of at least 4 members (excludes halogenated alkanes) is 2. The summed E-state index contributed by atoms with van der Waals surface area (Å²) in [5.41, 5.74) is 8.62. The minimum Gasteiger partial charge on any atom is -0.371 e. The first-order valence-electron chi connectivity index (χ1n) is 15.7. The van der Waals surface area contributed by atoms with Crippen LogP contribution < -0.4 is 4.90 Å². The van der Waals surface area contributed by atoms with Crippen molar-refractivity contribution in [2.24, 2.45) is 22.7 Å². The van der Waals surface area contributed by atoms with E-state index in [-0.39, 0.29) is 0 Å². The molecule has 4 rings (SSSR count). The normalized spacial score (nSPS) is 27.0. The molecule has 3 atom stereocenters. The Balaban J connectivity index is 1.46. The molecule has 0 radical (unpaired) electrons. The summed E-state index contributed by atoms with van der Waals surface area (Å²) in [6.45, 7) is 13.9. The van der Waals surface area contributed by atoms with Gasteiger partial charge in [-0.15, -0.1) is 0 Å². The third kappa shape index (κ3) is 7.19. The largest absolute Gasteiger partial charge is 0.371 e. The van der Waals surface area contributed by atoms with Gasteiger partial charge in [0.05, 0.1) is 6.04 Å². The number of aryl methyl sites for hydroxylation is 1. The van der Waals surface area contributed by atoms with E-state index in [2.05, 4.69) is 94.3 Å². The van der Waals surface area contributed by atoms with Crippen LogP contribution in [0.25, 0.3) is 12.2 Å². The van der Waals surface area contributed by atoms with Gasteiger partial charge in [-0.2, -0.15) is 0 Å². The zero-order chi connectivity index (χ0) is 26.9. The van der Waals surface area contributed by atoms with Gasteiger partial charge < -0.3 is 4.90 Å². The number of aliphatic imine (C=N–C) groups is 1. The van der Waals surface area contributed by atoms with Crippen molar-refractivity contribution in [3.05, 3.63) is 64.3 Å². The smallest absolute Gasteiger partial charge is 0.0530 e. The molecule has 2 nitrogen and oxygen atoms in total. The Morgan fingerprint density at radius 2 is 1.82 bits per heavy atom. The topological polar surface area (TPSA) is 15.6 Å². The molecule has 3 unspecified atom stereocenters. The highest BCUT2D eigenvalue weighted by Gasteiger charge is 2.31. The van der Waals surface area contributed by atoms with Crippen molar-refractivity contribution in [3.63, 3.8) is 0 Å². The predicted octanol–water partition coefficient (Wildman–Crippen LogP) is 9.99. The van der Waals surface area contributed by atoms with Gasteiger partial charge >= 0.3 is 0 Å². The third-order valence-corrected chi connectivity index (χ3v) is 9.06. The second kappa shape index (κ2) is 14.2. The maximum absolute atomic E-state index is 4.94. The fourth-order valence-electron chi connectivity index (χ4n) is 6.65. The standard InChI is InChI=1S/C36H52N2/c1-6-9-14-29(13-8-3)23-30-18-20-38(21-19-30)33-22-27(4)34-25-32(16-12-11-15-31(34)24-33)35-26-37-36(28(35)5)17-10-7-2/h11-12,14-16,22,24-26,28,30,35-36H,6-10,13,17-21,23H2,1-5H3/b12-11?,15-11-,16-12+,29-14?,31-15?,32-16?,32-25+,34-25?. The first kappa shape index (κ1) is 28.7. The lowest BCUT2D eigenvalue weighted by Crippen LogP contribution is -2.34. The minimum atomic E-state index is 0.412. The Hall–Kier alpha value is -2.35. The average molecular weight is 513 g/mol. The first-order valence-corrected chi connectivity index (χ1v) is 15.7. The molecule has 2 heterocycles. The highest BCUT2D eigenvalue weighted by atomic mass is 15.1. The van der Waals surface area contributed by atoms with Crippen LogP contribution in [-0.4, -0.2) is 25.3 Å². The molecule has 1 fully saturated rings. The van der Waals surface area contributed by atoms with E-state index < -0.39 is 0 Å². The summed E-state index contributed by atoms with van der Waals surface area (Å²) in [5.74, 6) is 1.83. The number of benzene rings is 1. The van der Waals surface area contributed by atoms with Gasteiger partial charge in [-0.3, -0.25) is 4.99 Å². The van der Waals surface area contributed by atoms with Gasteiger partial charge in [0.2, 0.25) is 0 Å². The van der Waals surface area contributed by atoms with Crippen molar-refractivity contribution in [2.45, 2.75) is 105 Å². The van der Waals surface area contributed by atoms with E-state index in [0.29, 0.717) is 17.9 Å². The second-order valence-electron chi connectivity index (χ2n) is 12.1. The van der Waals surface area contributed by atoms with Crippen LogP contribution in [-0.2, 0) is 0 Å². The molecular formula is C36H52N2. The van der Waals surface area contributed by atoms with Gasteiger partial charge in [0.15, 0.2) is 0 Å². The molecule has 3 aliphatic rings. The molecule has 1 aromatic carbocycles. The van der Waals surface area contributed by atoms with Crippen LogP contribution in [0.2, 0.25) is 0 Å². The second-order valence-corrected chi connectivity index (χ2v) is 12.1. The van der Waals surface area contributed by atoms with E-state index in [1.165, 1.54) is 105 Å². The lowest BCUT2D eigenvalue weighted by Gasteiger charge is -2.35. The molecular weight excluding hydrogens is 460 g/mol. The summed E-state index contributed by atoms with van der Waals surface area (Å²) in [6.07, 6.45) is 29.0. The molecule has 0 spiro atoms. The molecule has 0 saturated carbocycles. The average Bonchev–Trinajstić information content (AvgIpc) is 3.27. The maximum atomic E-state index is 4.94. The molecule has 38 heavy (non-hydrogen) atoms. The number of rotatable bonds is 11. The summed E-state index contributed by atoms with van der Waals surface area (Å²) in [5, 5.41) is 0. The Morgan fingerprint density at radius 3 is 2.55 bits per heavy atom.